The molecule has 106 valence electrons. The summed E-state index contributed by atoms with van der Waals surface area (Å²) in [7, 11) is 0. The topological polar surface area (TPSA) is 46.5 Å². The quantitative estimate of drug-likeness (QED) is 0.521. The van der Waals surface area contributed by atoms with E-state index in [1.165, 1.54) is 24.8 Å². The van der Waals surface area contributed by atoms with Crippen molar-refractivity contribution in [1.29, 1.82) is 0 Å². The number of ether oxygens (including phenoxy) is 1. The fourth-order valence-electron chi connectivity index (χ4n) is 2.17. The summed E-state index contributed by atoms with van der Waals surface area (Å²) in [6.45, 7) is 1.81. The van der Waals surface area contributed by atoms with Gasteiger partial charge in [0.15, 0.2) is 0 Å². The van der Waals surface area contributed by atoms with Crippen molar-refractivity contribution < 1.29 is 14.6 Å². The molecule has 1 aromatic carbocycles. The molecule has 1 atom stereocenters. The van der Waals surface area contributed by atoms with Gasteiger partial charge in [-0.25, -0.2) is 4.79 Å². The molecule has 0 amide bonds. The number of rotatable bonds is 9. The lowest BCUT2D eigenvalue weighted by Gasteiger charge is -2.09. The third kappa shape index (κ3) is 8.25. The van der Waals surface area contributed by atoms with Crippen LogP contribution in [-0.4, -0.2) is 17.4 Å². The average Bonchev–Trinajstić information content (AvgIpc) is 2.38. The van der Waals surface area contributed by atoms with Crippen LogP contribution in [0.5, 0.6) is 0 Å². The summed E-state index contributed by atoms with van der Waals surface area (Å²) < 4.78 is 4.65. The normalized spacial score (nSPS) is 12.1. The molecule has 1 aromatic rings. The van der Waals surface area contributed by atoms with Crippen molar-refractivity contribution in [2.45, 2.75) is 58.0 Å². The minimum Gasteiger partial charge on any atom is -0.450 e. The summed E-state index contributed by atoms with van der Waals surface area (Å²) in [6, 6.07) is 10.6. The van der Waals surface area contributed by atoms with Crippen molar-refractivity contribution in [2.24, 2.45) is 0 Å². The van der Waals surface area contributed by atoms with Gasteiger partial charge in [0.1, 0.15) is 6.10 Å². The molecule has 0 fully saturated rings. The van der Waals surface area contributed by atoms with Gasteiger partial charge < -0.3 is 9.84 Å². The van der Waals surface area contributed by atoms with E-state index in [-0.39, 0.29) is 6.10 Å². The molecular formula is C16H24O3. The molecule has 1 rings (SSSR count). The summed E-state index contributed by atoms with van der Waals surface area (Å²) in [5.41, 5.74) is 1.41. The highest BCUT2D eigenvalue weighted by Crippen LogP contribution is 2.11. The van der Waals surface area contributed by atoms with E-state index in [0.29, 0.717) is 0 Å². The zero-order valence-corrected chi connectivity index (χ0v) is 11.7. The number of aryl methyl sites for hydroxylation is 1. The lowest BCUT2D eigenvalue weighted by atomic mass is 10.0. The molecule has 0 aromatic heterocycles. The fourth-order valence-corrected chi connectivity index (χ4v) is 2.17. The predicted molar refractivity (Wildman–Crippen MR) is 76.4 cm³/mol. The Hall–Kier alpha value is -1.51. The van der Waals surface area contributed by atoms with Crippen LogP contribution in [0.25, 0.3) is 0 Å². The molecule has 0 heterocycles. The standard InChI is InChI=1S/C16H24O3/c1-14(19-16(17)18)10-6-3-2-4-7-11-15-12-8-5-9-13-15/h5,8-9,12-14H,2-4,6-7,10-11H2,1H3,(H,17,18). The third-order valence-corrected chi connectivity index (χ3v) is 3.22. The second kappa shape index (κ2) is 9.42. The van der Waals surface area contributed by atoms with E-state index in [1.807, 2.05) is 13.0 Å². The first-order chi connectivity index (χ1) is 9.18. The molecule has 1 N–H and O–H groups in total. The summed E-state index contributed by atoms with van der Waals surface area (Å²) in [6.07, 6.45) is 6.50. The fraction of sp³-hybridized carbons (Fsp3) is 0.562. The third-order valence-electron chi connectivity index (χ3n) is 3.22. The Balaban J connectivity index is 1.93. The number of carboxylic acid groups (broad SMARTS) is 1. The molecule has 0 radical (unpaired) electrons. The summed E-state index contributed by atoms with van der Waals surface area (Å²) in [5, 5.41) is 8.44. The molecule has 1 unspecified atom stereocenters. The van der Waals surface area contributed by atoms with E-state index in [0.717, 1.165) is 25.7 Å². The average molecular weight is 264 g/mol. The van der Waals surface area contributed by atoms with Gasteiger partial charge in [0.05, 0.1) is 0 Å². The van der Waals surface area contributed by atoms with Gasteiger partial charge in [-0.15, -0.1) is 0 Å². The number of benzene rings is 1. The Morgan fingerprint density at radius 3 is 2.42 bits per heavy atom. The molecule has 0 aliphatic rings. The van der Waals surface area contributed by atoms with Crippen LogP contribution in [-0.2, 0) is 11.2 Å². The SMILES string of the molecule is CC(CCCCCCCc1ccccc1)OC(=O)O. The zero-order valence-electron chi connectivity index (χ0n) is 11.7. The molecule has 0 aliphatic carbocycles. The van der Waals surface area contributed by atoms with Crippen molar-refractivity contribution in [2.75, 3.05) is 0 Å². The largest absolute Gasteiger partial charge is 0.506 e. The van der Waals surface area contributed by atoms with Crippen LogP contribution in [0.4, 0.5) is 4.79 Å². The van der Waals surface area contributed by atoms with E-state index in [4.69, 9.17) is 5.11 Å². The van der Waals surface area contributed by atoms with Gasteiger partial charge >= 0.3 is 6.16 Å². The molecule has 3 heteroatoms. The van der Waals surface area contributed by atoms with Crippen LogP contribution in [0, 0.1) is 0 Å². The molecule has 0 spiro atoms. The smallest absolute Gasteiger partial charge is 0.450 e. The highest BCUT2D eigenvalue weighted by molar-refractivity contribution is 5.56. The van der Waals surface area contributed by atoms with E-state index < -0.39 is 6.16 Å². The van der Waals surface area contributed by atoms with Crippen LogP contribution in [0.3, 0.4) is 0 Å². The molecule has 0 bridgehead atoms. The highest BCUT2D eigenvalue weighted by atomic mass is 16.7. The number of unbranched alkanes of at least 4 members (excludes halogenated alkanes) is 4. The minimum absolute atomic E-state index is 0.179. The van der Waals surface area contributed by atoms with Crippen molar-refractivity contribution in [1.82, 2.24) is 0 Å². The van der Waals surface area contributed by atoms with Crippen LogP contribution in [0.1, 0.15) is 51.0 Å². The molecule has 19 heavy (non-hydrogen) atoms. The summed E-state index contributed by atoms with van der Waals surface area (Å²) >= 11 is 0. The van der Waals surface area contributed by atoms with E-state index in [1.54, 1.807) is 0 Å². The van der Waals surface area contributed by atoms with Gasteiger partial charge in [-0.05, 0) is 38.2 Å². The molecular weight excluding hydrogens is 240 g/mol. The van der Waals surface area contributed by atoms with Crippen molar-refractivity contribution in [3.8, 4) is 0 Å². The van der Waals surface area contributed by atoms with Crippen LogP contribution < -0.4 is 0 Å². The Labute approximate surface area is 115 Å². The van der Waals surface area contributed by atoms with Gasteiger partial charge in [-0.1, -0.05) is 49.6 Å². The minimum atomic E-state index is -1.17. The molecule has 0 aliphatic heterocycles. The van der Waals surface area contributed by atoms with E-state index in [9.17, 15) is 4.79 Å². The van der Waals surface area contributed by atoms with Gasteiger partial charge in [-0.3, -0.25) is 0 Å². The lowest BCUT2D eigenvalue weighted by molar-refractivity contribution is 0.0548. The number of carbonyl (C=O) groups is 1. The molecule has 0 saturated carbocycles. The van der Waals surface area contributed by atoms with Gasteiger partial charge in [-0.2, -0.15) is 0 Å². The van der Waals surface area contributed by atoms with Gasteiger partial charge in [0, 0.05) is 0 Å². The van der Waals surface area contributed by atoms with Gasteiger partial charge in [0.2, 0.25) is 0 Å². The molecule has 3 nitrogen and oxygen atoms in total. The predicted octanol–water partition coefficient (Wildman–Crippen LogP) is 4.65. The second-order valence-corrected chi connectivity index (χ2v) is 4.99. The van der Waals surface area contributed by atoms with Crippen molar-refractivity contribution in [3.05, 3.63) is 35.9 Å². The van der Waals surface area contributed by atoms with Crippen LogP contribution in [0.2, 0.25) is 0 Å². The Morgan fingerprint density at radius 1 is 1.11 bits per heavy atom. The number of hydrogen-bond acceptors (Lipinski definition) is 2. The Morgan fingerprint density at radius 2 is 1.74 bits per heavy atom. The first-order valence-electron chi connectivity index (χ1n) is 7.12. The van der Waals surface area contributed by atoms with Crippen molar-refractivity contribution >= 4 is 6.16 Å². The maximum absolute atomic E-state index is 10.3. The van der Waals surface area contributed by atoms with E-state index >= 15 is 0 Å². The number of hydrogen-bond donors (Lipinski definition) is 1. The summed E-state index contributed by atoms with van der Waals surface area (Å²) in [5.74, 6) is 0. The van der Waals surface area contributed by atoms with Gasteiger partial charge in [0.25, 0.3) is 0 Å². The second-order valence-electron chi connectivity index (χ2n) is 4.99. The Kier molecular flexibility index (Phi) is 7.71. The zero-order chi connectivity index (χ0) is 13.9. The lowest BCUT2D eigenvalue weighted by Crippen LogP contribution is -2.12. The van der Waals surface area contributed by atoms with Crippen LogP contribution >= 0.6 is 0 Å². The van der Waals surface area contributed by atoms with Crippen LogP contribution in [0.15, 0.2) is 30.3 Å². The Bertz CT molecular complexity index is 348. The first kappa shape index (κ1) is 15.5. The van der Waals surface area contributed by atoms with E-state index in [2.05, 4.69) is 29.0 Å². The monoisotopic (exact) mass is 264 g/mol. The molecule has 0 saturated heterocycles. The summed E-state index contributed by atoms with van der Waals surface area (Å²) in [4.78, 5) is 10.3. The maximum Gasteiger partial charge on any atom is 0.506 e. The highest BCUT2D eigenvalue weighted by Gasteiger charge is 2.06. The van der Waals surface area contributed by atoms with Crippen molar-refractivity contribution in [3.63, 3.8) is 0 Å². The maximum atomic E-state index is 10.3. The first-order valence-corrected chi connectivity index (χ1v) is 7.12.